The Kier molecular flexibility index (Phi) is 2.73. The predicted molar refractivity (Wildman–Crippen MR) is 73.0 cm³/mol. The zero-order valence-electron chi connectivity index (χ0n) is 10.5. The minimum Gasteiger partial charge on any atom is -0.301 e. The third-order valence-electron chi connectivity index (χ3n) is 3.07. The molecule has 1 aromatic carbocycles. The van der Waals surface area contributed by atoms with Crippen LogP contribution in [-0.4, -0.2) is 14.5 Å². The van der Waals surface area contributed by atoms with Crippen molar-refractivity contribution in [1.82, 2.24) is 14.5 Å². The highest BCUT2D eigenvalue weighted by Crippen LogP contribution is 2.20. The molecule has 4 heteroatoms. The van der Waals surface area contributed by atoms with Gasteiger partial charge < -0.3 is 4.57 Å². The monoisotopic (exact) mass is 248 g/mol. The van der Waals surface area contributed by atoms with Crippen molar-refractivity contribution in [3.63, 3.8) is 0 Å². The first-order chi connectivity index (χ1) is 9.31. The number of nitriles is 1. The van der Waals surface area contributed by atoms with E-state index in [1.165, 1.54) is 0 Å². The molecule has 19 heavy (non-hydrogen) atoms. The van der Waals surface area contributed by atoms with Crippen molar-refractivity contribution in [1.29, 1.82) is 5.26 Å². The van der Waals surface area contributed by atoms with Gasteiger partial charge in [0.05, 0.1) is 17.1 Å². The fourth-order valence-corrected chi connectivity index (χ4v) is 2.10. The largest absolute Gasteiger partial charge is 0.301 e. The lowest BCUT2D eigenvalue weighted by atomic mass is 10.2. The molecule has 2 heterocycles. The van der Waals surface area contributed by atoms with E-state index < -0.39 is 0 Å². The minimum absolute atomic E-state index is 0.669. The van der Waals surface area contributed by atoms with Crippen molar-refractivity contribution in [3.8, 4) is 11.9 Å². The molecule has 3 aromatic rings. The summed E-state index contributed by atoms with van der Waals surface area (Å²) in [6, 6.07) is 11.7. The molecule has 0 bridgehead atoms. The van der Waals surface area contributed by atoms with Gasteiger partial charge in [0.1, 0.15) is 11.6 Å². The van der Waals surface area contributed by atoms with Crippen molar-refractivity contribution >= 4 is 10.9 Å². The van der Waals surface area contributed by atoms with Crippen LogP contribution in [0.3, 0.4) is 0 Å². The Labute approximate surface area is 111 Å². The van der Waals surface area contributed by atoms with Crippen LogP contribution in [0.15, 0.2) is 42.7 Å². The van der Waals surface area contributed by atoms with Crippen LogP contribution >= 0.6 is 0 Å². The highest BCUT2D eigenvalue weighted by Gasteiger charge is 2.05. The zero-order chi connectivity index (χ0) is 13.2. The van der Waals surface area contributed by atoms with Gasteiger partial charge in [0, 0.05) is 24.2 Å². The molecule has 0 N–H and O–H groups in total. The average molecular weight is 248 g/mol. The maximum absolute atomic E-state index is 8.91. The number of hydrogen-bond donors (Lipinski definition) is 0. The lowest BCUT2D eigenvalue weighted by Gasteiger charge is -2.05. The number of nitrogens with zero attached hydrogens (tertiary/aromatic N) is 4. The molecule has 0 radical (unpaired) electrons. The lowest BCUT2D eigenvalue weighted by molar-refractivity contribution is 0.900. The van der Waals surface area contributed by atoms with E-state index >= 15 is 0 Å². The van der Waals surface area contributed by atoms with Crippen LogP contribution < -0.4 is 0 Å². The SMILES string of the molecule is CCc1nccc(-n2ccc3cc(C#N)ccc32)n1. The smallest absolute Gasteiger partial charge is 0.140 e. The van der Waals surface area contributed by atoms with E-state index in [4.69, 9.17) is 5.26 Å². The Morgan fingerprint density at radius 3 is 2.95 bits per heavy atom. The van der Waals surface area contributed by atoms with Crippen molar-refractivity contribution in [3.05, 3.63) is 54.1 Å². The molecule has 0 spiro atoms. The minimum atomic E-state index is 0.669. The second-order valence-electron chi connectivity index (χ2n) is 4.26. The molecule has 3 rings (SSSR count). The van der Waals surface area contributed by atoms with Gasteiger partial charge in [-0.2, -0.15) is 5.26 Å². The molecule has 0 aliphatic carbocycles. The summed E-state index contributed by atoms with van der Waals surface area (Å²) in [5.74, 6) is 1.68. The molecule has 0 aliphatic rings. The van der Waals surface area contributed by atoms with E-state index in [2.05, 4.69) is 16.0 Å². The van der Waals surface area contributed by atoms with E-state index in [1.54, 1.807) is 6.20 Å². The van der Waals surface area contributed by atoms with Gasteiger partial charge in [-0.1, -0.05) is 6.92 Å². The fourth-order valence-electron chi connectivity index (χ4n) is 2.10. The first-order valence-corrected chi connectivity index (χ1v) is 6.15. The summed E-state index contributed by atoms with van der Waals surface area (Å²) in [7, 11) is 0. The van der Waals surface area contributed by atoms with Crippen LogP contribution in [0.4, 0.5) is 0 Å². The number of hydrogen-bond acceptors (Lipinski definition) is 3. The van der Waals surface area contributed by atoms with Crippen LogP contribution in [0, 0.1) is 11.3 Å². The van der Waals surface area contributed by atoms with Gasteiger partial charge in [-0.25, -0.2) is 9.97 Å². The molecule has 0 unspecified atom stereocenters. The van der Waals surface area contributed by atoms with Crippen LogP contribution in [0.1, 0.15) is 18.3 Å². The fraction of sp³-hybridized carbons (Fsp3) is 0.133. The molecule has 0 fully saturated rings. The Bertz CT molecular complexity index is 780. The molecule has 92 valence electrons. The topological polar surface area (TPSA) is 54.5 Å². The second-order valence-corrected chi connectivity index (χ2v) is 4.26. The summed E-state index contributed by atoms with van der Waals surface area (Å²) < 4.78 is 2.01. The molecular formula is C15H12N4. The Morgan fingerprint density at radius 1 is 1.26 bits per heavy atom. The summed E-state index contributed by atoms with van der Waals surface area (Å²) in [5, 5.41) is 9.95. The Morgan fingerprint density at radius 2 is 2.16 bits per heavy atom. The lowest BCUT2D eigenvalue weighted by Crippen LogP contribution is -2.00. The van der Waals surface area contributed by atoms with Crippen molar-refractivity contribution in [2.24, 2.45) is 0 Å². The normalized spacial score (nSPS) is 10.5. The maximum atomic E-state index is 8.91. The van der Waals surface area contributed by atoms with Gasteiger partial charge in [0.25, 0.3) is 0 Å². The van der Waals surface area contributed by atoms with Crippen molar-refractivity contribution < 1.29 is 0 Å². The first kappa shape index (κ1) is 11.4. The van der Waals surface area contributed by atoms with Crippen LogP contribution in [0.2, 0.25) is 0 Å². The maximum Gasteiger partial charge on any atom is 0.140 e. The third kappa shape index (κ3) is 1.95. The quantitative estimate of drug-likeness (QED) is 0.700. The highest BCUT2D eigenvalue weighted by atomic mass is 15.1. The predicted octanol–water partition coefficient (Wildman–Crippen LogP) is 2.85. The van der Waals surface area contributed by atoms with Gasteiger partial charge in [0.2, 0.25) is 0 Å². The first-order valence-electron chi connectivity index (χ1n) is 6.15. The number of fused-ring (bicyclic) bond motifs is 1. The molecule has 4 nitrogen and oxygen atoms in total. The van der Waals surface area contributed by atoms with E-state index in [0.717, 1.165) is 29.0 Å². The standard InChI is InChI=1S/C15H12N4/c1-2-14-17-7-5-15(18-14)19-8-6-12-9-11(10-16)3-4-13(12)19/h3-9H,2H2,1H3. The van der Waals surface area contributed by atoms with Crippen LogP contribution in [0.25, 0.3) is 16.7 Å². The average Bonchev–Trinajstić information content (AvgIpc) is 2.90. The van der Waals surface area contributed by atoms with Crippen molar-refractivity contribution in [2.75, 3.05) is 0 Å². The Hall–Kier alpha value is -2.67. The Balaban J connectivity index is 2.17. The second kappa shape index (κ2) is 4.54. The summed E-state index contributed by atoms with van der Waals surface area (Å²) in [4.78, 5) is 8.72. The van der Waals surface area contributed by atoms with Gasteiger partial charge >= 0.3 is 0 Å². The zero-order valence-corrected chi connectivity index (χ0v) is 10.5. The van der Waals surface area contributed by atoms with E-state index in [0.29, 0.717) is 5.56 Å². The third-order valence-corrected chi connectivity index (χ3v) is 3.07. The molecule has 0 saturated carbocycles. The van der Waals surface area contributed by atoms with Gasteiger partial charge in [-0.15, -0.1) is 0 Å². The summed E-state index contributed by atoms with van der Waals surface area (Å²) >= 11 is 0. The van der Waals surface area contributed by atoms with E-state index in [1.807, 2.05) is 48.0 Å². The van der Waals surface area contributed by atoms with E-state index in [9.17, 15) is 0 Å². The van der Waals surface area contributed by atoms with E-state index in [-0.39, 0.29) is 0 Å². The molecule has 0 saturated heterocycles. The van der Waals surface area contributed by atoms with Crippen molar-refractivity contribution in [2.45, 2.75) is 13.3 Å². The molecule has 0 atom stereocenters. The summed E-state index contributed by atoms with van der Waals surface area (Å²) in [6.45, 7) is 2.03. The van der Waals surface area contributed by atoms with Crippen LogP contribution in [0.5, 0.6) is 0 Å². The summed E-state index contributed by atoms with van der Waals surface area (Å²) in [5.41, 5.74) is 1.71. The van der Waals surface area contributed by atoms with Gasteiger partial charge in [0.15, 0.2) is 0 Å². The molecule has 2 aromatic heterocycles. The summed E-state index contributed by atoms with van der Waals surface area (Å²) in [6.07, 6.45) is 4.55. The molecule has 0 aliphatic heterocycles. The van der Waals surface area contributed by atoms with Crippen LogP contribution in [-0.2, 0) is 6.42 Å². The van der Waals surface area contributed by atoms with Gasteiger partial charge in [-0.05, 0) is 30.3 Å². The molecule has 0 amide bonds. The number of aromatic nitrogens is 3. The molecular weight excluding hydrogens is 236 g/mol. The number of benzene rings is 1. The number of aryl methyl sites for hydroxylation is 1. The number of rotatable bonds is 2. The van der Waals surface area contributed by atoms with Gasteiger partial charge in [-0.3, -0.25) is 0 Å². The highest BCUT2D eigenvalue weighted by molar-refractivity contribution is 5.83.